The first kappa shape index (κ1) is 13.4. The topological polar surface area (TPSA) is 13.1 Å². The Kier molecular flexibility index (Phi) is 2.87. The van der Waals surface area contributed by atoms with Crippen LogP contribution in [-0.2, 0) is 5.41 Å². The van der Waals surface area contributed by atoms with E-state index < -0.39 is 327 Å². The summed E-state index contributed by atoms with van der Waals surface area (Å²) < 4.78 is 328. The van der Waals surface area contributed by atoms with Crippen molar-refractivity contribution in [3.8, 4) is 55.6 Å². The lowest BCUT2D eigenvalue weighted by Crippen LogP contribution is -2.16. The summed E-state index contributed by atoms with van der Waals surface area (Å²) in [5, 5.41) is -5.64. The van der Waals surface area contributed by atoms with Crippen molar-refractivity contribution in [2.24, 2.45) is 0 Å². The second kappa shape index (κ2) is 12.4. The fraction of sp³-hybridized carbons (Fsp3) is 0.0526. The first-order chi connectivity index (χ1) is 43.1. The van der Waals surface area contributed by atoms with Gasteiger partial charge in [-0.15, -0.1) is 0 Å². The second-order valence-electron chi connectivity index (χ2n) is 13.4. The highest BCUT2D eigenvalue weighted by Crippen LogP contribution is 2.53. The summed E-state index contributed by atoms with van der Waals surface area (Å²) in [4.78, 5) is 0. The molecule has 0 saturated heterocycles. The van der Waals surface area contributed by atoms with Crippen molar-refractivity contribution in [2.75, 3.05) is 0 Å². The van der Waals surface area contributed by atoms with Gasteiger partial charge in [0.25, 0.3) is 0 Å². The van der Waals surface area contributed by atoms with E-state index in [2.05, 4.69) is 0 Å². The van der Waals surface area contributed by atoms with E-state index in [1.165, 1.54) is 0 Å². The predicted octanol–water partition coefficient (Wildman–Crippen LogP) is 16.0. The van der Waals surface area contributed by atoms with Crippen LogP contribution in [0.25, 0.3) is 110 Å². The Labute approximate surface area is 386 Å². The minimum absolute atomic E-state index is 0.495. The number of hydrogen-bond donors (Lipinski definition) is 0. The largest absolute Gasteiger partial charge is 0.456 e. The molecule has 1 aliphatic carbocycles. The molecule has 0 aliphatic heterocycles. The first-order valence-electron chi connectivity index (χ1n) is 34.9. The van der Waals surface area contributed by atoms with E-state index >= 15 is 0 Å². The van der Waals surface area contributed by atoms with Crippen LogP contribution in [0.15, 0.2) is 198 Å². The molecule has 0 saturated carbocycles. The highest BCUT2D eigenvalue weighted by molar-refractivity contribution is 6.22. The van der Waals surface area contributed by atoms with Crippen LogP contribution >= 0.6 is 0 Å². The van der Waals surface area contributed by atoms with Crippen LogP contribution < -0.4 is 0 Å². The number of benzene rings is 10. The van der Waals surface area contributed by atoms with E-state index in [4.69, 9.17) is 23.6 Å². The van der Waals surface area contributed by atoms with Crippen molar-refractivity contribution in [3.05, 3.63) is 204 Å². The van der Waals surface area contributed by atoms with Gasteiger partial charge in [-0.25, -0.2) is 0 Å². The molecule has 12 rings (SSSR count). The summed E-state index contributed by atoms with van der Waals surface area (Å²) >= 11 is 0. The monoisotopic (exact) mass is 774 g/mol. The minimum Gasteiger partial charge on any atom is -0.456 e. The molecule has 1 heteroatoms. The molecule has 1 atom stereocenters. The fourth-order valence-electron chi connectivity index (χ4n) is 7.58. The lowest BCUT2D eigenvalue weighted by Gasteiger charge is -2.25. The Morgan fingerprint density at radius 2 is 0.966 bits per heavy atom. The van der Waals surface area contributed by atoms with Gasteiger partial charge in [0.15, 0.2) is 0 Å². The summed E-state index contributed by atoms with van der Waals surface area (Å²) in [5.41, 5.74) is -14.6. The van der Waals surface area contributed by atoms with E-state index in [1.54, 1.807) is 0 Å². The van der Waals surface area contributed by atoms with Gasteiger partial charge in [-0.2, -0.15) is 0 Å². The summed E-state index contributed by atoms with van der Waals surface area (Å²) in [6.45, 7) is -2.66. The van der Waals surface area contributed by atoms with Crippen molar-refractivity contribution >= 4 is 54.3 Å². The van der Waals surface area contributed by atoms with Gasteiger partial charge in [0.1, 0.15) is 11.2 Å². The Morgan fingerprint density at radius 1 is 0.397 bits per heavy atom. The smallest absolute Gasteiger partial charge is 0.136 e. The summed E-state index contributed by atoms with van der Waals surface area (Å²) in [7, 11) is 0. The third kappa shape index (κ3) is 4.83. The summed E-state index contributed by atoms with van der Waals surface area (Å²) in [6, 6.07) is -32.5. The first-order valence-corrected chi connectivity index (χ1v) is 17.4. The molecule has 272 valence electrons. The average molecular weight is 774 g/mol. The zero-order valence-corrected chi connectivity index (χ0v) is 29.4. The van der Waals surface area contributed by atoms with Gasteiger partial charge >= 0.3 is 0 Å². The molecule has 1 aliphatic rings. The molecule has 1 aromatic heterocycles. The predicted molar refractivity (Wildman–Crippen MR) is 246 cm³/mol. The highest BCUT2D eigenvalue weighted by Gasteiger charge is 2.38. The summed E-state index contributed by atoms with van der Waals surface area (Å²) in [5.74, 6) is 0. The highest BCUT2D eigenvalue weighted by atomic mass is 16.3. The zero-order valence-electron chi connectivity index (χ0n) is 64.4. The average Bonchev–Trinajstić information content (AvgIpc) is 1.60. The Hall–Kier alpha value is -7.22. The maximum Gasteiger partial charge on any atom is 0.136 e. The number of hydrogen-bond acceptors (Lipinski definition) is 1. The standard InChI is InChI=1S/C57H38O/c1-57(2)51-33-38(35-14-4-3-5-15-35)26-28-43(51)48-25-13-24-42(56(48)57)39-18-12-19-40(30-39)54-44-20-8-10-22-46(44)55(47-23-11-9-21-45(47)54)41-27-29-52-49(32-41)50-31-36-16-6-7-17-37(36)34-53(50)58-52/h3-34H,1-2H3/i1D3,3D,4D,5D,6D,7D,8D,9D,10D,11D,12D,13D,14D,15D,16D,17D,18D,19D,20D,21D,22D,23D,24D,25D,26D,27D,28D,29D,30D,31D,32D,33D,34D. The molecule has 0 radical (unpaired) electrons. The zero-order chi connectivity index (χ0) is 68.9. The Balaban J connectivity index is 1.28. The van der Waals surface area contributed by atoms with Crippen LogP contribution in [-0.4, -0.2) is 0 Å². The molecule has 10 aromatic carbocycles. The lowest BCUT2D eigenvalue weighted by atomic mass is 9.78. The third-order valence-electron chi connectivity index (χ3n) is 10.1. The molecular formula is C57H38O. The van der Waals surface area contributed by atoms with Gasteiger partial charge in [-0.1, -0.05) is 171 Å². The third-order valence-corrected chi connectivity index (χ3v) is 10.1. The molecule has 1 heterocycles. The van der Waals surface area contributed by atoms with Gasteiger partial charge in [0.05, 0.1) is 43.9 Å². The molecule has 11 aromatic rings. The van der Waals surface area contributed by atoms with Crippen molar-refractivity contribution in [2.45, 2.75) is 19.2 Å². The Morgan fingerprint density at radius 3 is 1.69 bits per heavy atom. The molecule has 58 heavy (non-hydrogen) atoms. The van der Waals surface area contributed by atoms with E-state index in [9.17, 15) is 28.8 Å². The Bertz CT molecular complexity index is 5360. The number of fused-ring (bicyclic) bond motifs is 9. The van der Waals surface area contributed by atoms with Crippen molar-refractivity contribution in [3.63, 3.8) is 0 Å². The quantitative estimate of drug-likeness (QED) is 0.162. The molecule has 0 amide bonds. The molecule has 0 bridgehead atoms. The van der Waals surface area contributed by atoms with Crippen LogP contribution in [0.2, 0.25) is 0 Å². The van der Waals surface area contributed by atoms with E-state index in [0.29, 0.717) is 0 Å². The van der Waals surface area contributed by atoms with Crippen LogP contribution in [0.1, 0.15) is 72.9 Å². The van der Waals surface area contributed by atoms with Gasteiger partial charge < -0.3 is 4.42 Å². The lowest BCUT2D eigenvalue weighted by molar-refractivity contribution is 0.662. The van der Waals surface area contributed by atoms with E-state index in [1.807, 2.05) is 0 Å². The van der Waals surface area contributed by atoms with E-state index in [-0.39, 0.29) is 0 Å². The van der Waals surface area contributed by atoms with Crippen LogP contribution in [0.5, 0.6) is 0 Å². The SMILES string of the molecule is [2H]c1c([2H])c([2H])c(-c2c([2H])c([2H])c3c(c2[2H])C(C)(C([2H])([2H])[2H])c2c(-c4c([2H])c([2H])c([2H])c(-c5c6c([2H])c([2H])c([2H])c([2H])c6c(-c6c([2H])c([2H])c7oc8c([2H])c9c([2H])c([2H])c([2H])c([2H])c9c([2H])c8c7c6[2H])c6c([2H])c([2H])c([2H])c([2H])c56)c4[2H])c([2H])c([2H])c([2H])c2-3)c([2H])c1[2H]. The maximum atomic E-state index is 10.3. The van der Waals surface area contributed by atoms with Gasteiger partial charge in [0.2, 0.25) is 0 Å². The van der Waals surface area contributed by atoms with Crippen molar-refractivity contribution in [1.29, 1.82) is 0 Å². The van der Waals surface area contributed by atoms with E-state index in [0.717, 1.165) is 6.92 Å². The summed E-state index contributed by atoms with van der Waals surface area (Å²) in [6.07, 6.45) is 0. The molecule has 0 spiro atoms. The minimum atomic E-state index is -3.58. The van der Waals surface area contributed by atoms with Crippen molar-refractivity contribution in [1.82, 2.24) is 0 Å². The second-order valence-corrected chi connectivity index (χ2v) is 13.4. The van der Waals surface area contributed by atoms with Crippen molar-refractivity contribution < 1.29 is 52.4 Å². The van der Waals surface area contributed by atoms with Crippen LogP contribution in [0.3, 0.4) is 0 Å². The normalized spacial score (nSPS) is 23.5. The van der Waals surface area contributed by atoms with Gasteiger partial charge in [-0.3, -0.25) is 0 Å². The van der Waals surface area contributed by atoms with Gasteiger partial charge in [-0.05, 0) is 135 Å². The van der Waals surface area contributed by atoms with Gasteiger partial charge in [0, 0.05) is 20.3 Å². The van der Waals surface area contributed by atoms with Crippen LogP contribution in [0, 0.1) is 0 Å². The molecule has 1 unspecified atom stereocenters. The maximum absolute atomic E-state index is 10.3. The molecular weight excluding hydrogens is 701 g/mol. The number of rotatable bonds is 4. The molecule has 1 nitrogen and oxygen atoms in total. The fourth-order valence-corrected chi connectivity index (χ4v) is 7.58. The molecule has 0 N–H and O–H groups in total. The van der Waals surface area contributed by atoms with Crippen LogP contribution in [0.4, 0.5) is 0 Å². The molecule has 0 fully saturated rings. The number of furan rings is 1.